The highest BCUT2D eigenvalue weighted by atomic mass is 16.5. The lowest BCUT2D eigenvalue weighted by atomic mass is 9.78. The molecule has 1 fully saturated rings. The van der Waals surface area contributed by atoms with Crippen LogP contribution in [0.15, 0.2) is 0 Å². The van der Waals surface area contributed by atoms with E-state index in [4.69, 9.17) is 9.47 Å². The predicted molar refractivity (Wildman–Crippen MR) is 66.7 cm³/mol. The van der Waals surface area contributed by atoms with Crippen molar-refractivity contribution in [1.82, 2.24) is 5.32 Å². The summed E-state index contributed by atoms with van der Waals surface area (Å²) < 4.78 is 11.2. The molecule has 0 aromatic rings. The van der Waals surface area contributed by atoms with Gasteiger partial charge in [-0.2, -0.15) is 0 Å². The van der Waals surface area contributed by atoms with E-state index in [0.717, 1.165) is 39.2 Å². The first-order valence-electron chi connectivity index (χ1n) is 6.53. The minimum absolute atomic E-state index is 0.277. The molecular weight excluding hydrogens is 202 g/mol. The fourth-order valence-corrected chi connectivity index (χ4v) is 2.29. The maximum atomic E-state index is 5.74. The van der Waals surface area contributed by atoms with Gasteiger partial charge < -0.3 is 14.8 Å². The van der Waals surface area contributed by atoms with E-state index in [0.29, 0.717) is 12.1 Å². The molecule has 1 heterocycles. The Kier molecular flexibility index (Phi) is 5.73. The Morgan fingerprint density at radius 2 is 2.25 bits per heavy atom. The zero-order valence-corrected chi connectivity index (χ0v) is 11.2. The van der Waals surface area contributed by atoms with Crippen molar-refractivity contribution in [3.8, 4) is 0 Å². The summed E-state index contributed by atoms with van der Waals surface area (Å²) in [5.41, 5.74) is 0.277. The molecule has 0 aliphatic carbocycles. The van der Waals surface area contributed by atoms with Gasteiger partial charge in [0.2, 0.25) is 0 Å². The Bertz CT molecular complexity index is 196. The van der Waals surface area contributed by atoms with Gasteiger partial charge in [-0.1, -0.05) is 13.8 Å². The van der Waals surface area contributed by atoms with Gasteiger partial charge in [0.15, 0.2) is 0 Å². The molecule has 1 aliphatic rings. The molecule has 1 N–H and O–H groups in total. The van der Waals surface area contributed by atoms with Crippen LogP contribution in [-0.2, 0) is 9.47 Å². The number of rotatable bonds is 7. The first-order valence-corrected chi connectivity index (χ1v) is 6.53. The molecule has 0 spiro atoms. The SMILES string of the molecule is CCOCCC1(CNC(C)C)CCOC1C. The summed E-state index contributed by atoms with van der Waals surface area (Å²) in [6.07, 6.45) is 2.60. The van der Waals surface area contributed by atoms with Gasteiger partial charge in [-0.25, -0.2) is 0 Å². The Hall–Kier alpha value is -0.120. The van der Waals surface area contributed by atoms with Gasteiger partial charge >= 0.3 is 0 Å². The molecular formula is C13H27NO2. The van der Waals surface area contributed by atoms with E-state index in [-0.39, 0.29) is 5.41 Å². The van der Waals surface area contributed by atoms with E-state index in [1.54, 1.807) is 0 Å². The van der Waals surface area contributed by atoms with E-state index in [2.05, 4.69) is 26.1 Å². The molecule has 1 aliphatic heterocycles. The van der Waals surface area contributed by atoms with Gasteiger partial charge in [0.1, 0.15) is 0 Å². The summed E-state index contributed by atoms with van der Waals surface area (Å²) in [7, 11) is 0. The highest BCUT2D eigenvalue weighted by Crippen LogP contribution is 2.37. The van der Waals surface area contributed by atoms with Crippen LogP contribution in [0, 0.1) is 5.41 Å². The lowest BCUT2D eigenvalue weighted by molar-refractivity contribution is 0.0343. The number of hydrogen-bond acceptors (Lipinski definition) is 3. The summed E-state index contributed by atoms with van der Waals surface area (Å²) in [6.45, 7) is 12.2. The highest BCUT2D eigenvalue weighted by Gasteiger charge is 2.40. The van der Waals surface area contributed by atoms with Crippen LogP contribution in [0.25, 0.3) is 0 Å². The summed E-state index contributed by atoms with van der Waals surface area (Å²) >= 11 is 0. The lowest BCUT2D eigenvalue weighted by Crippen LogP contribution is -2.42. The fourth-order valence-electron chi connectivity index (χ4n) is 2.29. The van der Waals surface area contributed by atoms with Crippen molar-refractivity contribution in [3.05, 3.63) is 0 Å². The van der Waals surface area contributed by atoms with Gasteiger partial charge in [0, 0.05) is 37.8 Å². The van der Waals surface area contributed by atoms with Crippen molar-refractivity contribution < 1.29 is 9.47 Å². The Balaban J connectivity index is 2.47. The van der Waals surface area contributed by atoms with Gasteiger partial charge in [-0.05, 0) is 26.7 Å². The van der Waals surface area contributed by atoms with Crippen molar-refractivity contribution in [1.29, 1.82) is 0 Å². The molecule has 1 rings (SSSR count). The van der Waals surface area contributed by atoms with Gasteiger partial charge in [-0.15, -0.1) is 0 Å². The standard InChI is InChI=1S/C13H27NO2/c1-5-15-8-6-13(10-14-11(2)3)7-9-16-12(13)4/h11-12,14H,5-10H2,1-4H3. The van der Waals surface area contributed by atoms with Gasteiger partial charge in [0.25, 0.3) is 0 Å². The lowest BCUT2D eigenvalue weighted by Gasteiger charge is -2.33. The minimum Gasteiger partial charge on any atom is -0.382 e. The molecule has 0 aromatic heterocycles. The average molecular weight is 229 g/mol. The van der Waals surface area contributed by atoms with E-state index < -0.39 is 0 Å². The number of nitrogens with one attached hydrogen (secondary N) is 1. The monoisotopic (exact) mass is 229 g/mol. The second-order valence-electron chi connectivity index (χ2n) is 5.11. The van der Waals surface area contributed by atoms with Crippen LogP contribution in [0.4, 0.5) is 0 Å². The molecule has 2 unspecified atom stereocenters. The van der Waals surface area contributed by atoms with Gasteiger partial charge in [0.05, 0.1) is 6.10 Å². The quantitative estimate of drug-likeness (QED) is 0.679. The minimum atomic E-state index is 0.277. The molecule has 0 aromatic carbocycles. The van der Waals surface area contributed by atoms with Gasteiger partial charge in [-0.3, -0.25) is 0 Å². The Labute approximate surface area is 99.9 Å². The summed E-state index contributed by atoms with van der Waals surface area (Å²) in [5.74, 6) is 0. The van der Waals surface area contributed by atoms with Crippen LogP contribution in [0.3, 0.4) is 0 Å². The van der Waals surface area contributed by atoms with E-state index in [1.807, 2.05) is 6.92 Å². The topological polar surface area (TPSA) is 30.5 Å². The molecule has 3 heteroatoms. The normalized spacial score (nSPS) is 30.2. The van der Waals surface area contributed by atoms with Crippen LogP contribution in [0.5, 0.6) is 0 Å². The first kappa shape index (κ1) is 13.9. The molecule has 3 nitrogen and oxygen atoms in total. The van der Waals surface area contributed by atoms with Crippen molar-refractivity contribution in [3.63, 3.8) is 0 Å². The third-order valence-electron chi connectivity index (χ3n) is 3.64. The van der Waals surface area contributed by atoms with E-state index in [1.165, 1.54) is 0 Å². The first-order chi connectivity index (χ1) is 7.60. The zero-order chi connectivity index (χ0) is 12.0. The Morgan fingerprint density at radius 1 is 1.50 bits per heavy atom. The predicted octanol–water partition coefficient (Wildman–Crippen LogP) is 2.21. The van der Waals surface area contributed by atoms with Crippen LogP contribution >= 0.6 is 0 Å². The third kappa shape index (κ3) is 3.72. The van der Waals surface area contributed by atoms with Crippen LogP contribution in [-0.4, -0.2) is 38.5 Å². The largest absolute Gasteiger partial charge is 0.382 e. The summed E-state index contributed by atoms with van der Waals surface area (Å²) in [5, 5.41) is 3.55. The molecule has 1 saturated heterocycles. The van der Waals surface area contributed by atoms with Crippen molar-refractivity contribution >= 4 is 0 Å². The van der Waals surface area contributed by atoms with Crippen molar-refractivity contribution in [2.45, 2.75) is 52.7 Å². The van der Waals surface area contributed by atoms with E-state index >= 15 is 0 Å². The second-order valence-corrected chi connectivity index (χ2v) is 5.11. The summed E-state index contributed by atoms with van der Waals surface area (Å²) in [4.78, 5) is 0. The average Bonchev–Trinajstić information content (AvgIpc) is 2.59. The number of hydrogen-bond donors (Lipinski definition) is 1. The maximum Gasteiger partial charge on any atom is 0.0617 e. The third-order valence-corrected chi connectivity index (χ3v) is 3.64. The molecule has 2 atom stereocenters. The van der Waals surface area contributed by atoms with Crippen LogP contribution in [0.2, 0.25) is 0 Å². The van der Waals surface area contributed by atoms with E-state index in [9.17, 15) is 0 Å². The van der Waals surface area contributed by atoms with Crippen molar-refractivity contribution in [2.75, 3.05) is 26.4 Å². The fraction of sp³-hybridized carbons (Fsp3) is 1.00. The molecule has 96 valence electrons. The molecule has 0 bridgehead atoms. The molecule has 16 heavy (non-hydrogen) atoms. The summed E-state index contributed by atoms with van der Waals surface area (Å²) in [6, 6.07) is 0.539. The smallest absolute Gasteiger partial charge is 0.0617 e. The number of ether oxygens (including phenoxy) is 2. The van der Waals surface area contributed by atoms with Crippen LogP contribution < -0.4 is 5.32 Å². The molecule has 0 radical (unpaired) electrons. The van der Waals surface area contributed by atoms with Crippen molar-refractivity contribution in [2.24, 2.45) is 5.41 Å². The Morgan fingerprint density at radius 3 is 2.75 bits per heavy atom. The zero-order valence-electron chi connectivity index (χ0n) is 11.2. The maximum absolute atomic E-state index is 5.74. The molecule has 0 saturated carbocycles. The highest BCUT2D eigenvalue weighted by molar-refractivity contribution is 4.91. The second kappa shape index (κ2) is 6.58. The molecule has 0 amide bonds. The van der Waals surface area contributed by atoms with Crippen LogP contribution in [0.1, 0.15) is 40.5 Å².